The van der Waals surface area contributed by atoms with Crippen molar-refractivity contribution in [2.24, 2.45) is 17.8 Å². The number of anilines is 2. The Morgan fingerprint density at radius 2 is 1.71 bits per heavy atom. The van der Waals surface area contributed by atoms with Crippen LogP contribution < -0.4 is 14.5 Å². The third kappa shape index (κ3) is 5.85. The molecule has 3 aromatic carbocycles. The Kier molecular flexibility index (Phi) is 10.2. The van der Waals surface area contributed by atoms with Crippen molar-refractivity contribution < 1.29 is 29.0 Å². The largest absolute Gasteiger partial charge is 0.494 e. The fourth-order valence-electron chi connectivity index (χ4n) is 8.74. The van der Waals surface area contributed by atoms with E-state index in [9.17, 15) is 5.11 Å². The number of ether oxygens (including phenoxy) is 2. The molecule has 3 amide bonds. The normalized spacial score (nSPS) is 26.8. The van der Waals surface area contributed by atoms with Gasteiger partial charge in [-0.2, -0.15) is 0 Å². The van der Waals surface area contributed by atoms with E-state index in [1.807, 2.05) is 82.3 Å². The van der Waals surface area contributed by atoms with Crippen molar-refractivity contribution in [3.63, 3.8) is 0 Å². The summed E-state index contributed by atoms with van der Waals surface area (Å²) in [6.07, 6.45) is 3.62. The maximum absolute atomic E-state index is 15.3. The number of benzene rings is 3. The molecular formula is C41H46ClN3O6. The summed E-state index contributed by atoms with van der Waals surface area (Å²) in [7, 11) is 0. The molecule has 7 atom stereocenters. The fourth-order valence-corrected chi connectivity index (χ4v) is 9.06. The molecule has 3 fully saturated rings. The monoisotopic (exact) mass is 711 g/mol. The number of likely N-dealkylation sites (tertiary alicyclic amines) is 1. The van der Waals surface area contributed by atoms with E-state index < -0.39 is 53.5 Å². The lowest BCUT2D eigenvalue weighted by molar-refractivity contribution is -0.149. The number of aliphatic hydroxyl groups is 1. The minimum Gasteiger partial charge on any atom is -0.494 e. The lowest BCUT2D eigenvalue weighted by Crippen LogP contribution is -2.58. The summed E-state index contributed by atoms with van der Waals surface area (Å²) in [5, 5.41) is 11.4. The molecule has 3 aliphatic rings. The third-order valence-corrected chi connectivity index (χ3v) is 11.3. The zero-order chi connectivity index (χ0) is 36.7. The maximum atomic E-state index is 15.3. The molecule has 1 N–H and O–H groups in total. The van der Waals surface area contributed by atoms with Gasteiger partial charge in [0.2, 0.25) is 11.8 Å². The van der Waals surface area contributed by atoms with E-state index in [0.717, 1.165) is 5.56 Å². The van der Waals surface area contributed by atoms with Crippen molar-refractivity contribution in [1.82, 2.24) is 4.90 Å². The van der Waals surface area contributed by atoms with E-state index in [0.29, 0.717) is 40.7 Å². The summed E-state index contributed by atoms with van der Waals surface area (Å²) < 4.78 is 12.7. The van der Waals surface area contributed by atoms with Gasteiger partial charge in [0, 0.05) is 18.8 Å². The lowest BCUT2D eigenvalue weighted by atomic mass is 9.62. The molecule has 3 aliphatic heterocycles. The van der Waals surface area contributed by atoms with Crippen LogP contribution in [0.1, 0.15) is 44.4 Å². The van der Waals surface area contributed by atoms with E-state index in [1.165, 1.54) is 4.90 Å². The number of halogens is 1. The molecule has 0 aliphatic carbocycles. The van der Waals surface area contributed by atoms with Crippen LogP contribution in [0, 0.1) is 24.7 Å². The smallest absolute Gasteiger partial charge is 0.253 e. The van der Waals surface area contributed by atoms with Gasteiger partial charge in [0.25, 0.3) is 5.91 Å². The highest BCUT2D eigenvalue weighted by atomic mass is 35.5. The van der Waals surface area contributed by atoms with E-state index >= 15 is 14.4 Å². The SMILES string of the molecule is C=CCN(C(=O)[C@H]1[C@H]2C(=O)N([C@H](CO)c3ccccc3)C(C(=O)N(CC=C)c3c(C)cccc3Cl)C23CC(C)[C@]1(C)O3)c1ccc(OCC)cc1. The fraction of sp³-hybridized carbons (Fsp3) is 0.390. The lowest BCUT2D eigenvalue weighted by Gasteiger charge is -2.40. The van der Waals surface area contributed by atoms with Gasteiger partial charge in [-0.3, -0.25) is 14.4 Å². The average Bonchev–Trinajstić information content (AvgIpc) is 3.64. The first kappa shape index (κ1) is 36.4. The van der Waals surface area contributed by atoms with Crippen LogP contribution in [0.25, 0.3) is 0 Å². The van der Waals surface area contributed by atoms with Crippen LogP contribution in [0.15, 0.2) is 98.1 Å². The molecule has 1 spiro atoms. The van der Waals surface area contributed by atoms with Crippen LogP contribution in [0.4, 0.5) is 11.4 Å². The number of hydrogen-bond acceptors (Lipinski definition) is 6. The number of fused-ring (bicyclic) bond motifs is 1. The van der Waals surface area contributed by atoms with Gasteiger partial charge in [0.05, 0.1) is 47.4 Å². The van der Waals surface area contributed by atoms with E-state index in [1.54, 1.807) is 40.2 Å². The summed E-state index contributed by atoms with van der Waals surface area (Å²) in [6.45, 7) is 15.9. The van der Waals surface area contributed by atoms with Crippen LogP contribution in [0.3, 0.4) is 0 Å². The summed E-state index contributed by atoms with van der Waals surface area (Å²) in [5.74, 6) is -2.61. The Bertz CT molecular complexity index is 1800. The molecule has 0 saturated carbocycles. The quantitative estimate of drug-likeness (QED) is 0.203. The molecule has 3 aromatic rings. The van der Waals surface area contributed by atoms with E-state index in [4.69, 9.17) is 21.1 Å². The van der Waals surface area contributed by atoms with E-state index in [-0.39, 0.29) is 24.9 Å². The highest BCUT2D eigenvalue weighted by molar-refractivity contribution is 6.34. The average molecular weight is 712 g/mol. The zero-order valence-corrected chi connectivity index (χ0v) is 30.4. The minimum atomic E-state index is -1.38. The molecule has 2 bridgehead atoms. The van der Waals surface area contributed by atoms with Crippen LogP contribution in [-0.4, -0.2) is 71.3 Å². The summed E-state index contributed by atoms with van der Waals surface area (Å²) in [6, 6.07) is 19.7. The first-order chi connectivity index (χ1) is 24.5. The second-order valence-corrected chi connectivity index (χ2v) is 14.3. The van der Waals surface area contributed by atoms with Crippen molar-refractivity contribution in [2.45, 2.75) is 57.4 Å². The first-order valence-electron chi connectivity index (χ1n) is 17.5. The van der Waals surface area contributed by atoms with Crippen molar-refractivity contribution in [3.8, 4) is 5.75 Å². The number of nitrogens with zero attached hydrogens (tertiary/aromatic N) is 3. The molecule has 6 rings (SSSR count). The summed E-state index contributed by atoms with van der Waals surface area (Å²) in [4.78, 5) is 50.3. The molecule has 9 nitrogen and oxygen atoms in total. The molecular weight excluding hydrogens is 666 g/mol. The molecule has 0 aromatic heterocycles. The topological polar surface area (TPSA) is 99.6 Å². The van der Waals surface area contributed by atoms with Crippen LogP contribution in [0.5, 0.6) is 5.75 Å². The van der Waals surface area contributed by atoms with Crippen molar-refractivity contribution in [2.75, 3.05) is 36.1 Å². The minimum absolute atomic E-state index is 0.109. The highest BCUT2D eigenvalue weighted by Gasteiger charge is 2.80. The summed E-state index contributed by atoms with van der Waals surface area (Å²) >= 11 is 6.76. The van der Waals surface area contributed by atoms with Crippen molar-refractivity contribution >= 4 is 40.7 Å². The Balaban J connectivity index is 1.52. The van der Waals surface area contributed by atoms with Gasteiger partial charge in [0.15, 0.2) is 0 Å². The van der Waals surface area contributed by atoms with Gasteiger partial charge in [-0.05, 0) is 74.6 Å². The second-order valence-electron chi connectivity index (χ2n) is 13.9. The van der Waals surface area contributed by atoms with Gasteiger partial charge in [-0.25, -0.2) is 0 Å². The third-order valence-electron chi connectivity index (χ3n) is 11.0. The van der Waals surface area contributed by atoms with Gasteiger partial charge in [0.1, 0.15) is 17.4 Å². The van der Waals surface area contributed by atoms with Gasteiger partial charge in [-0.15, -0.1) is 13.2 Å². The molecule has 0 radical (unpaired) electrons. The van der Waals surface area contributed by atoms with Crippen LogP contribution in [0.2, 0.25) is 5.02 Å². The number of aliphatic hydroxyl groups excluding tert-OH is 1. The van der Waals surface area contributed by atoms with Gasteiger partial charge >= 0.3 is 0 Å². The molecule has 3 heterocycles. The highest BCUT2D eigenvalue weighted by Crippen LogP contribution is 2.66. The number of carbonyl (C=O) groups is 3. The predicted molar refractivity (Wildman–Crippen MR) is 199 cm³/mol. The number of aryl methyl sites for hydroxylation is 1. The standard InChI is InChI=1S/C41H46ClN3O6/c1-7-22-43(29-18-20-30(21-19-29)50-9-3)37(47)33-34-38(48)45(32(25-46)28-15-11-10-12-16-28)36(41(34)24-27(5)40(33,6)51-41)39(49)44(23-8-2)35-26(4)14-13-17-31(35)42/h7-8,10-21,27,32-34,36,46H,1-2,9,22-25H2,3-6H3/t27?,32-,33-,34+,36?,40+,41?/m1/s1. The Morgan fingerprint density at radius 3 is 2.31 bits per heavy atom. The summed E-state index contributed by atoms with van der Waals surface area (Å²) in [5.41, 5.74) is 0.102. The van der Waals surface area contributed by atoms with Crippen molar-refractivity contribution in [3.05, 3.63) is 114 Å². The number of carbonyl (C=O) groups excluding carboxylic acids is 3. The Labute approximate surface area is 305 Å². The zero-order valence-electron chi connectivity index (χ0n) is 29.6. The number of rotatable bonds is 13. The first-order valence-corrected chi connectivity index (χ1v) is 17.9. The molecule has 268 valence electrons. The molecule has 51 heavy (non-hydrogen) atoms. The van der Waals surface area contributed by atoms with Gasteiger partial charge < -0.3 is 29.3 Å². The molecule has 3 saturated heterocycles. The number of hydrogen-bond donors (Lipinski definition) is 1. The second kappa shape index (κ2) is 14.3. The van der Waals surface area contributed by atoms with Crippen LogP contribution >= 0.6 is 11.6 Å². The molecule has 3 unspecified atom stereocenters. The van der Waals surface area contributed by atoms with Gasteiger partial charge in [-0.1, -0.05) is 73.1 Å². The van der Waals surface area contributed by atoms with Crippen LogP contribution in [-0.2, 0) is 19.1 Å². The van der Waals surface area contributed by atoms with Crippen molar-refractivity contribution in [1.29, 1.82) is 0 Å². The Hall–Kier alpha value is -4.44. The number of para-hydroxylation sites is 1. The molecule has 10 heteroatoms. The number of amides is 3. The predicted octanol–water partition coefficient (Wildman–Crippen LogP) is 6.53. The Morgan fingerprint density at radius 1 is 1.04 bits per heavy atom. The van der Waals surface area contributed by atoms with E-state index in [2.05, 4.69) is 13.2 Å². The maximum Gasteiger partial charge on any atom is 0.253 e.